The van der Waals surface area contributed by atoms with Crippen molar-refractivity contribution in [3.8, 4) is 0 Å². The van der Waals surface area contributed by atoms with E-state index in [2.05, 4.69) is 15.5 Å². The first-order valence-corrected chi connectivity index (χ1v) is 7.13. The average Bonchev–Trinajstić information content (AvgIpc) is 3.23. The Morgan fingerprint density at radius 2 is 1.84 bits per heavy atom. The van der Waals surface area contributed by atoms with Gasteiger partial charge in [-0.25, -0.2) is 0 Å². The van der Waals surface area contributed by atoms with Crippen LogP contribution in [0, 0.1) is 0 Å². The van der Waals surface area contributed by atoms with Gasteiger partial charge >= 0.3 is 0 Å². The second-order valence-electron chi connectivity index (χ2n) is 5.31. The fourth-order valence-corrected chi connectivity index (χ4v) is 2.27. The SMILES string of the molecule is CNC(=O)CN1CCN(C(=O)CCNC2CC2)CC1. The van der Waals surface area contributed by atoms with Crippen LogP contribution in [0.2, 0.25) is 0 Å². The molecule has 6 nitrogen and oxygen atoms in total. The van der Waals surface area contributed by atoms with Crippen LogP contribution in [-0.2, 0) is 9.59 Å². The molecule has 2 rings (SSSR count). The number of amides is 2. The zero-order chi connectivity index (χ0) is 13.7. The Morgan fingerprint density at radius 3 is 2.42 bits per heavy atom. The van der Waals surface area contributed by atoms with Gasteiger partial charge in [0.05, 0.1) is 6.54 Å². The van der Waals surface area contributed by atoms with Gasteiger partial charge < -0.3 is 15.5 Å². The quantitative estimate of drug-likeness (QED) is 0.650. The van der Waals surface area contributed by atoms with Gasteiger partial charge in [0.1, 0.15) is 0 Å². The summed E-state index contributed by atoms with van der Waals surface area (Å²) in [6, 6.07) is 0.664. The molecule has 2 fully saturated rings. The fourth-order valence-electron chi connectivity index (χ4n) is 2.27. The van der Waals surface area contributed by atoms with Crippen molar-refractivity contribution in [3.05, 3.63) is 0 Å². The first-order chi connectivity index (χ1) is 9.19. The van der Waals surface area contributed by atoms with E-state index in [1.807, 2.05) is 4.90 Å². The van der Waals surface area contributed by atoms with Gasteiger partial charge in [-0.15, -0.1) is 0 Å². The van der Waals surface area contributed by atoms with Gasteiger partial charge in [-0.05, 0) is 12.8 Å². The van der Waals surface area contributed by atoms with Crippen molar-refractivity contribution in [1.29, 1.82) is 0 Å². The molecule has 0 spiro atoms. The number of nitrogens with one attached hydrogen (secondary N) is 2. The van der Waals surface area contributed by atoms with Crippen molar-refractivity contribution < 1.29 is 9.59 Å². The molecule has 1 heterocycles. The first-order valence-electron chi connectivity index (χ1n) is 7.13. The molecule has 1 aliphatic heterocycles. The third kappa shape index (κ3) is 4.80. The van der Waals surface area contributed by atoms with E-state index in [0.717, 1.165) is 32.7 Å². The van der Waals surface area contributed by atoms with E-state index in [-0.39, 0.29) is 11.8 Å². The Morgan fingerprint density at radius 1 is 1.16 bits per heavy atom. The molecule has 0 aromatic heterocycles. The van der Waals surface area contributed by atoms with E-state index in [0.29, 0.717) is 19.0 Å². The molecular formula is C13H24N4O2. The number of nitrogens with zero attached hydrogens (tertiary/aromatic N) is 2. The number of hydrogen-bond donors (Lipinski definition) is 2. The molecule has 2 amide bonds. The number of hydrogen-bond acceptors (Lipinski definition) is 4. The highest BCUT2D eigenvalue weighted by Crippen LogP contribution is 2.18. The maximum absolute atomic E-state index is 12.0. The molecule has 19 heavy (non-hydrogen) atoms. The fraction of sp³-hybridized carbons (Fsp3) is 0.846. The predicted octanol–water partition coefficient (Wildman–Crippen LogP) is -0.981. The molecule has 0 radical (unpaired) electrons. The third-order valence-corrected chi connectivity index (χ3v) is 3.72. The summed E-state index contributed by atoms with van der Waals surface area (Å²) in [7, 11) is 1.65. The Bertz CT molecular complexity index is 323. The van der Waals surface area contributed by atoms with Crippen LogP contribution in [0.3, 0.4) is 0 Å². The highest BCUT2D eigenvalue weighted by atomic mass is 16.2. The predicted molar refractivity (Wildman–Crippen MR) is 72.7 cm³/mol. The minimum Gasteiger partial charge on any atom is -0.358 e. The minimum absolute atomic E-state index is 0.0356. The van der Waals surface area contributed by atoms with E-state index >= 15 is 0 Å². The lowest BCUT2D eigenvalue weighted by molar-refractivity contribution is -0.133. The van der Waals surface area contributed by atoms with E-state index in [1.165, 1.54) is 12.8 Å². The van der Waals surface area contributed by atoms with Crippen LogP contribution in [-0.4, -0.2) is 74.0 Å². The van der Waals surface area contributed by atoms with Crippen LogP contribution < -0.4 is 10.6 Å². The molecule has 0 aromatic rings. The molecular weight excluding hydrogens is 244 g/mol. The zero-order valence-corrected chi connectivity index (χ0v) is 11.7. The molecule has 0 unspecified atom stereocenters. The van der Waals surface area contributed by atoms with Crippen LogP contribution in [0.4, 0.5) is 0 Å². The number of rotatable bonds is 6. The maximum atomic E-state index is 12.0. The summed E-state index contributed by atoms with van der Waals surface area (Å²) in [6.45, 7) is 4.27. The van der Waals surface area contributed by atoms with E-state index < -0.39 is 0 Å². The van der Waals surface area contributed by atoms with Gasteiger partial charge in [-0.2, -0.15) is 0 Å². The molecule has 1 saturated carbocycles. The molecule has 1 aliphatic carbocycles. The van der Waals surface area contributed by atoms with Crippen LogP contribution in [0.5, 0.6) is 0 Å². The minimum atomic E-state index is 0.0356. The molecule has 0 bridgehead atoms. The second kappa shape index (κ2) is 6.86. The number of likely N-dealkylation sites (N-methyl/N-ethyl adjacent to an activating group) is 1. The summed E-state index contributed by atoms with van der Waals surface area (Å²) >= 11 is 0. The smallest absolute Gasteiger partial charge is 0.233 e. The summed E-state index contributed by atoms with van der Waals surface area (Å²) in [6.07, 6.45) is 3.10. The summed E-state index contributed by atoms with van der Waals surface area (Å²) < 4.78 is 0. The summed E-state index contributed by atoms with van der Waals surface area (Å²) in [5.41, 5.74) is 0. The Hall–Kier alpha value is -1.14. The Labute approximate surface area is 114 Å². The van der Waals surface area contributed by atoms with Gasteiger partial charge in [0.2, 0.25) is 11.8 Å². The molecule has 2 N–H and O–H groups in total. The average molecular weight is 268 g/mol. The lowest BCUT2D eigenvalue weighted by Gasteiger charge is -2.34. The van der Waals surface area contributed by atoms with Crippen LogP contribution in [0.25, 0.3) is 0 Å². The second-order valence-corrected chi connectivity index (χ2v) is 5.31. The molecule has 1 saturated heterocycles. The lowest BCUT2D eigenvalue weighted by atomic mass is 10.2. The van der Waals surface area contributed by atoms with Crippen molar-refractivity contribution >= 4 is 11.8 Å². The van der Waals surface area contributed by atoms with Crippen LogP contribution in [0.15, 0.2) is 0 Å². The lowest BCUT2D eigenvalue weighted by Crippen LogP contribution is -2.51. The van der Waals surface area contributed by atoms with E-state index in [4.69, 9.17) is 0 Å². The van der Waals surface area contributed by atoms with Crippen molar-refractivity contribution in [3.63, 3.8) is 0 Å². The van der Waals surface area contributed by atoms with Crippen molar-refractivity contribution in [2.24, 2.45) is 0 Å². The normalized spacial score (nSPS) is 20.4. The van der Waals surface area contributed by atoms with Gasteiger partial charge in [0, 0.05) is 52.2 Å². The first kappa shape index (κ1) is 14.3. The number of piperazine rings is 1. The van der Waals surface area contributed by atoms with Gasteiger partial charge in [0.15, 0.2) is 0 Å². The van der Waals surface area contributed by atoms with E-state index in [1.54, 1.807) is 7.05 Å². The number of carbonyl (C=O) groups excluding carboxylic acids is 2. The summed E-state index contributed by atoms with van der Waals surface area (Å²) in [4.78, 5) is 27.2. The van der Waals surface area contributed by atoms with Gasteiger partial charge in [-0.1, -0.05) is 0 Å². The van der Waals surface area contributed by atoms with Crippen molar-refractivity contribution in [2.75, 3.05) is 46.3 Å². The summed E-state index contributed by atoms with van der Waals surface area (Å²) in [5, 5.41) is 5.98. The third-order valence-electron chi connectivity index (χ3n) is 3.72. The number of carbonyl (C=O) groups is 2. The highest BCUT2D eigenvalue weighted by Gasteiger charge is 2.23. The zero-order valence-electron chi connectivity index (χ0n) is 11.7. The van der Waals surface area contributed by atoms with Gasteiger partial charge in [-0.3, -0.25) is 14.5 Å². The Balaban J connectivity index is 1.61. The largest absolute Gasteiger partial charge is 0.358 e. The molecule has 108 valence electrons. The van der Waals surface area contributed by atoms with Gasteiger partial charge in [0.25, 0.3) is 0 Å². The topological polar surface area (TPSA) is 64.7 Å². The standard InChI is InChI=1S/C13H24N4O2/c1-14-12(18)10-16-6-8-17(9-7-16)13(19)4-5-15-11-2-3-11/h11,15H,2-10H2,1H3,(H,14,18). The summed E-state index contributed by atoms with van der Waals surface area (Å²) in [5.74, 6) is 0.265. The highest BCUT2D eigenvalue weighted by molar-refractivity contribution is 5.78. The van der Waals surface area contributed by atoms with Crippen LogP contribution >= 0.6 is 0 Å². The molecule has 2 aliphatic rings. The Kier molecular flexibility index (Phi) is 5.15. The maximum Gasteiger partial charge on any atom is 0.233 e. The monoisotopic (exact) mass is 268 g/mol. The molecule has 0 aromatic carbocycles. The van der Waals surface area contributed by atoms with Crippen molar-refractivity contribution in [1.82, 2.24) is 20.4 Å². The van der Waals surface area contributed by atoms with Crippen LogP contribution in [0.1, 0.15) is 19.3 Å². The van der Waals surface area contributed by atoms with E-state index in [9.17, 15) is 9.59 Å². The molecule has 6 heteroatoms. The van der Waals surface area contributed by atoms with Crippen molar-refractivity contribution in [2.45, 2.75) is 25.3 Å². The molecule has 0 atom stereocenters.